The monoisotopic (exact) mass is 436 g/mol. The Morgan fingerprint density at radius 1 is 1.40 bits per heavy atom. The molecular weight excluding hydrogens is 412 g/mol. The van der Waals surface area contributed by atoms with Crippen LogP contribution in [0.15, 0.2) is 18.2 Å². The molecule has 0 saturated heterocycles. The van der Waals surface area contributed by atoms with Crippen molar-refractivity contribution in [3.63, 3.8) is 0 Å². The highest BCUT2D eigenvalue weighted by molar-refractivity contribution is 9.09. The Balaban J connectivity index is 2.88. The van der Waals surface area contributed by atoms with E-state index < -0.39 is 22.1 Å². The number of nitrogens with two attached hydrogens (primary N) is 1. The second kappa shape index (κ2) is 10.1. The number of hydrogen-bond acceptors (Lipinski definition) is 6. The fourth-order valence-electron chi connectivity index (χ4n) is 2.42. The Morgan fingerprint density at radius 3 is 2.64 bits per heavy atom. The molecule has 1 rings (SSSR count). The molecule has 0 bridgehead atoms. The van der Waals surface area contributed by atoms with Crippen LogP contribution in [0.25, 0.3) is 0 Å². The van der Waals surface area contributed by atoms with E-state index in [0.29, 0.717) is 24.8 Å². The van der Waals surface area contributed by atoms with Crippen molar-refractivity contribution < 1.29 is 22.5 Å². The summed E-state index contributed by atoms with van der Waals surface area (Å²) in [6.07, 6.45) is 1.40. The van der Waals surface area contributed by atoms with E-state index in [4.69, 9.17) is 15.0 Å². The van der Waals surface area contributed by atoms with Gasteiger partial charge in [-0.05, 0) is 36.6 Å². The lowest BCUT2D eigenvalue weighted by molar-refractivity contribution is -0.137. The summed E-state index contributed by atoms with van der Waals surface area (Å²) in [7, 11) is -3.47. The number of alkyl halides is 1. The summed E-state index contributed by atoms with van der Waals surface area (Å²) < 4.78 is 27.0. The highest BCUT2D eigenvalue weighted by atomic mass is 79.9. The molecular formula is C16H25BrN2O5S. The molecule has 25 heavy (non-hydrogen) atoms. The van der Waals surface area contributed by atoms with Crippen LogP contribution in [0.5, 0.6) is 0 Å². The predicted molar refractivity (Wildman–Crippen MR) is 102 cm³/mol. The van der Waals surface area contributed by atoms with E-state index in [0.717, 1.165) is 23.1 Å². The highest BCUT2D eigenvalue weighted by Gasteiger charge is 2.13. The summed E-state index contributed by atoms with van der Waals surface area (Å²) in [5.41, 5.74) is 8.84. The largest absolute Gasteiger partial charge is 0.481 e. The van der Waals surface area contributed by atoms with E-state index in [2.05, 4.69) is 15.9 Å². The molecule has 142 valence electrons. The van der Waals surface area contributed by atoms with Crippen LogP contribution in [0.2, 0.25) is 0 Å². The van der Waals surface area contributed by atoms with E-state index in [9.17, 15) is 13.2 Å². The Kier molecular flexibility index (Phi) is 8.84. The van der Waals surface area contributed by atoms with E-state index in [1.54, 1.807) is 0 Å². The van der Waals surface area contributed by atoms with Gasteiger partial charge in [0.2, 0.25) is 0 Å². The number of aliphatic carboxylic acids is 1. The van der Waals surface area contributed by atoms with Gasteiger partial charge in [0.25, 0.3) is 10.1 Å². The van der Waals surface area contributed by atoms with Crippen LogP contribution in [-0.2, 0) is 25.5 Å². The Labute approximate surface area is 157 Å². The average Bonchev–Trinajstić information content (AvgIpc) is 2.46. The van der Waals surface area contributed by atoms with Crippen LogP contribution in [-0.4, -0.2) is 56.8 Å². The zero-order valence-electron chi connectivity index (χ0n) is 14.4. The third-order valence-electron chi connectivity index (χ3n) is 3.63. The zero-order valence-corrected chi connectivity index (χ0v) is 16.8. The smallest absolute Gasteiger partial charge is 0.304 e. The molecule has 0 aliphatic rings. The molecule has 9 heteroatoms. The van der Waals surface area contributed by atoms with Crippen LogP contribution < -0.4 is 10.6 Å². The highest BCUT2D eigenvalue weighted by Crippen LogP contribution is 2.21. The fourth-order valence-corrected chi connectivity index (χ4v) is 3.23. The lowest BCUT2D eigenvalue weighted by atomic mass is 9.99. The van der Waals surface area contributed by atoms with Crippen molar-refractivity contribution >= 4 is 37.7 Å². The minimum absolute atomic E-state index is 0.0631. The second-order valence-electron chi connectivity index (χ2n) is 5.87. The second-order valence-corrected chi connectivity index (χ2v) is 8.31. The lowest BCUT2D eigenvalue weighted by Gasteiger charge is -2.25. The summed E-state index contributed by atoms with van der Waals surface area (Å²) in [5.74, 6) is -0.917. The number of rotatable bonds is 11. The van der Waals surface area contributed by atoms with E-state index in [1.807, 2.05) is 30.0 Å². The molecule has 0 spiro atoms. The first kappa shape index (κ1) is 21.9. The zero-order chi connectivity index (χ0) is 19.0. The van der Waals surface area contributed by atoms with Gasteiger partial charge in [-0.15, -0.1) is 0 Å². The number of carbonyl (C=O) groups is 1. The van der Waals surface area contributed by atoms with Gasteiger partial charge in [0.15, 0.2) is 0 Å². The molecule has 0 aliphatic carbocycles. The lowest BCUT2D eigenvalue weighted by Crippen LogP contribution is -2.30. The van der Waals surface area contributed by atoms with Crippen LogP contribution in [0.3, 0.4) is 0 Å². The summed E-state index contributed by atoms with van der Waals surface area (Å²) in [4.78, 5) is 12.8. The normalized spacial score (nSPS) is 12.8. The molecule has 0 aliphatic heterocycles. The topological polar surface area (TPSA) is 110 Å². The molecule has 0 heterocycles. The molecule has 1 atom stereocenters. The van der Waals surface area contributed by atoms with Crippen LogP contribution in [0.1, 0.15) is 17.5 Å². The summed E-state index contributed by atoms with van der Waals surface area (Å²) >= 11 is 3.39. The quantitative estimate of drug-likeness (QED) is 0.399. The van der Waals surface area contributed by atoms with E-state index in [1.165, 1.54) is 0 Å². The first-order chi connectivity index (χ1) is 11.6. The van der Waals surface area contributed by atoms with Gasteiger partial charge in [-0.3, -0.25) is 8.98 Å². The molecule has 0 radical (unpaired) electrons. The minimum Gasteiger partial charge on any atom is -0.481 e. The van der Waals surface area contributed by atoms with Gasteiger partial charge >= 0.3 is 5.97 Å². The van der Waals surface area contributed by atoms with Gasteiger partial charge in [0, 0.05) is 30.1 Å². The number of aryl methyl sites for hydroxylation is 1. The molecule has 7 nitrogen and oxygen atoms in total. The minimum atomic E-state index is -3.47. The van der Waals surface area contributed by atoms with Gasteiger partial charge in [-0.2, -0.15) is 8.42 Å². The summed E-state index contributed by atoms with van der Waals surface area (Å²) in [5, 5.41) is 9.57. The number of carboxylic acids is 1. The molecule has 3 N–H and O–H groups in total. The van der Waals surface area contributed by atoms with Gasteiger partial charge in [-0.1, -0.05) is 22.0 Å². The van der Waals surface area contributed by atoms with Crippen molar-refractivity contribution in [1.82, 2.24) is 0 Å². The summed E-state index contributed by atoms with van der Waals surface area (Å²) in [6.45, 7) is 3.11. The molecule has 0 fully saturated rings. The van der Waals surface area contributed by atoms with Gasteiger partial charge < -0.3 is 15.7 Å². The van der Waals surface area contributed by atoms with Crippen LogP contribution in [0.4, 0.5) is 5.69 Å². The molecule has 0 saturated carbocycles. The molecule has 0 aromatic heterocycles. The fraction of sp³-hybridized carbons (Fsp3) is 0.562. The first-order valence-corrected chi connectivity index (χ1v) is 10.8. The third-order valence-corrected chi connectivity index (χ3v) is 4.58. The maximum atomic E-state index is 11.1. The standard InChI is InChI=1S/C16H25BrN2O5S/c1-12-3-4-15(10-13(12)9-14(18)11-16(20)21)19(6-5-17)7-8-24-25(2,22)23/h3-4,10,14H,5-9,11,18H2,1-2H3,(H,20,21)/t14-/m1/s1. The molecule has 0 amide bonds. The van der Waals surface area contributed by atoms with E-state index in [-0.39, 0.29) is 13.0 Å². The SMILES string of the molecule is Cc1ccc(N(CCBr)CCOS(C)(=O)=O)cc1C[C@@H](N)CC(=O)O. The summed E-state index contributed by atoms with van der Waals surface area (Å²) in [6, 6.07) is 5.42. The van der Waals surface area contributed by atoms with Crippen molar-refractivity contribution in [3.05, 3.63) is 29.3 Å². The van der Waals surface area contributed by atoms with Crippen molar-refractivity contribution in [1.29, 1.82) is 0 Å². The Bertz CT molecular complexity index is 681. The number of anilines is 1. The number of benzene rings is 1. The number of carboxylic acid groups (broad SMARTS) is 1. The average molecular weight is 437 g/mol. The van der Waals surface area contributed by atoms with Gasteiger partial charge in [0.1, 0.15) is 0 Å². The van der Waals surface area contributed by atoms with Crippen molar-refractivity contribution in [2.24, 2.45) is 5.73 Å². The maximum absolute atomic E-state index is 11.1. The molecule has 1 aromatic carbocycles. The van der Waals surface area contributed by atoms with Gasteiger partial charge in [-0.25, -0.2) is 0 Å². The van der Waals surface area contributed by atoms with Crippen molar-refractivity contribution in [3.8, 4) is 0 Å². The van der Waals surface area contributed by atoms with Crippen molar-refractivity contribution in [2.75, 3.05) is 36.2 Å². The first-order valence-electron chi connectivity index (χ1n) is 7.84. The molecule has 1 aromatic rings. The van der Waals surface area contributed by atoms with Crippen LogP contribution in [0, 0.1) is 6.92 Å². The van der Waals surface area contributed by atoms with Crippen LogP contribution >= 0.6 is 15.9 Å². The predicted octanol–water partition coefficient (Wildman–Crippen LogP) is 1.52. The maximum Gasteiger partial charge on any atom is 0.304 e. The van der Waals surface area contributed by atoms with Crippen molar-refractivity contribution in [2.45, 2.75) is 25.8 Å². The Hall–Kier alpha value is -1.16. The van der Waals surface area contributed by atoms with Gasteiger partial charge in [0.05, 0.1) is 19.3 Å². The van der Waals surface area contributed by atoms with E-state index >= 15 is 0 Å². The number of halogens is 1. The number of hydrogen-bond donors (Lipinski definition) is 2. The third kappa shape index (κ3) is 8.66. The molecule has 0 unspecified atom stereocenters. The number of nitrogens with zero attached hydrogens (tertiary/aromatic N) is 1. The Morgan fingerprint density at radius 2 is 2.08 bits per heavy atom.